The Morgan fingerprint density at radius 1 is 1.09 bits per heavy atom. The van der Waals surface area contributed by atoms with Crippen LogP contribution in [0.1, 0.15) is 56.1 Å². The van der Waals surface area contributed by atoms with E-state index >= 15 is 0 Å². The normalized spacial score (nSPS) is 12.8. The number of carbonyl (C=O) groups excluding carboxylic acids is 3. The number of carboxylic acid groups (broad SMARTS) is 1. The molecule has 1 atom stereocenters. The number of carboxylic acids is 1. The number of ether oxygens (including phenoxy) is 1. The number of carbonyl (C=O) groups is 4. The predicted octanol–water partition coefficient (Wildman–Crippen LogP) is 2.49. The van der Waals surface area contributed by atoms with Gasteiger partial charge in [-0.1, -0.05) is 30.3 Å². The second-order valence-electron chi connectivity index (χ2n) is 8.82. The third-order valence-corrected chi connectivity index (χ3v) is 5.44. The highest BCUT2D eigenvalue weighted by Gasteiger charge is 2.44. The molecule has 0 spiro atoms. The van der Waals surface area contributed by atoms with Gasteiger partial charge in [0.15, 0.2) is 5.13 Å². The minimum absolute atomic E-state index is 0.140. The minimum Gasteiger partial charge on any atom is -0.479 e. The number of urea groups is 1. The smallest absolute Gasteiger partial charge is 0.338 e. The van der Waals surface area contributed by atoms with Crippen molar-refractivity contribution in [2.75, 3.05) is 11.9 Å². The number of anilines is 1. The highest BCUT2D eigenvalue weighted by atomic mass is 32.1. The fraction of sp³-hybridized carbons (Fsp3) is 0.435. The summed E-state index contributed by atoms with van der Waals surface area (Å²) in [4.78, 5) is 52.2. The van der Waals surface area contributed by atoms with Crippen molar-refractivity contribution in [3.8, 4) is 0 Å². The summed E-state index contributed by atoms with van der Waals surface area (Å²) in [5.74, 6) is -2.91. The summed E-state index contributed by atoms with van der Waals surface area (Å²) in [6.45, 7) is 5.45. The second-order valence-corrected chi connectivity index (χ2v) is 9.68. The number of aliphatic carboxylic acids is 1. The zero-order valence-corrected chi connectivity index (χ0v) is 20.7. The van der Waals surface area contributed by atoms with Gasteiger partial charge < -0.3 is 26.2 Å². The number of esters is 1. The van der Waals surface area contributed by atoms with E-state index < -0.39 is 35.0 Å². The first-order chi connectivity index (χ1) is 16.4. The van der Waals surface area contributed by atoms with Crippen molar-refractivity contribution >= 4 is 40.3 Å². The Bertz CT molecular complexity index is 1040. The lowest BCUT2D eigenvalue weighted by atomic mass is 9.93. The van der Waals surface area contributed by atoms with Crippen LogP contribution in [0, 0.1) is 0 Å². The van der Waals surface area contributed by atoms with Gasteiger partial charge in [0, 0.05) is 18.5 Å². The standard InChI is InChI=1S/C23H31N5O6S/c1-22(2,3)34-19(32)23(24,18(30)31)11-7-8-12-25-17(29)16-14-35-21(27-16)28-20(33)26-13-15-9-5-4-6-10-15/h4-6,9-10,14H,7-8,11-13,24H2,1-3H3,(H,25,29)(H,30,31)(H2,26,27,28,33)/t23-/m0/s1. The molecule has 0 aliphatic heterocycles. The van der Waals surface area contributed by atoms with Gasteiger partial charge in [-0.05, 0) is 45.6 Å². The zero-order chi connectivity index (χ0) is 26.1. The summed E-state index contributed by atoms with van der Waals surface area (Å²) < 4.78 is 5.13. The van der Waals surface area contributed by atoms with Gasteiger partial charge in [-0.3, -0.25) is 10.1 Å². The molecule has 190 valence electrons. The molecule has 0 radical (unpaired) electrons. The van der Waals surface area contributed by atoms with Crippen LogP contribution in [0.3, 0.4) is 0 Å². The van der Waals surface area contributed by atoms with E-state index in [2.05, 4.69) is 20.9 Å². The molecular formula is C23H31N5O6S. The van der Waals surface area contributed by atoms with Crippen molar-refractivity contribution in [2.24, 2.45) is 5.73 Å². The third kappa shape index (κ3) is 8.98. The Hall–Kier alpha value is -3.51. The molecule has 1 aromatic carbocycles. The number of aromatic nitrogens is 1. The Labute approximate surface area is 207 Å². The van der Waals surface area contributed by atoms with Crippen molar-refractivity contribution < 1.29 is 29.0 Å². The molecule has 0 unspecified atom stereocenters. The maximum Gasteiger partial charge on any atom is 0.338 e. The molecule has 0 bridgehead atoms. The van der Waals surface area contributed by atoms with Gasteiger partial charge in [0.05, 0.1) is 0 Å². The van der Waals surface area contributed by atoms with E-state index in [1.807, 2.05) is 30.3 Å². The number of thiazole rings is 1. The quantitative estimate of drug-likeness (QED) is 0.176. The molecule has 0 saturated heterocycles. The lowest BCUT2D eigenvalue weighted by Crippen LogP contribution is -2.57. The van der Waals surface area contributed by atoms with Gasteiger partial charge in [-0.2, -0.15) is 0 Å². The molecule has 0 fully saturated rings. The molecule has 2 rings (SSSR count). The van der Waals surface area contributed by atoms with Crippen LogP contribution in [0.15, 0.2) is 35.7 Å². The molecular weight excluding hydrogens is 474 g/mol. The first-order valence-electron chi connectivity index (χ1n) is 11.0. The van der Waals surface area contributed by atoms with Crippen LogP contribution < -0.4 is 21.7 Å². The lowest BCUT2D eigenvalue weighted by Gasteiger charge is -2.28. The van der Waals surface area contributed by atoms with Crippen molar-refractivity contribution in [3.63, 3.8) is 0 Å². The van der Waals surface area contributed by atoms with Crippen LogP contribution in [0.4, 0.5) is 9.93 Å². The van der Waals surface area contributed by atoms with Crippen molar-refractivity contribution in [3.05, 3.63) is 47.0 Å². The number of rotatable bonds is 11. The number of nitrogens with zero attached hydrogens (tertiary/aromatic N) is 1. The van der Waals surface area contributed by atoms with E-state index in [4.69, 9.17) is 10.5 Å². The average molecular weight is 506 g/mol. The molecule has 0 aliphatic carbocycles. The van der Waals surface area contributed by atoms with Crippen LogP contribution in [0.2, 0.25) is 0 Å². The summed E-state index contributed by atoms with van der Waals surface area (Å²) >= 11 is 1.11. The largest absolute Gasteiger partial charge is 0.479 e. The monoisotopic (exact) mass is 505 g/mol. The van der Waals surface area contributed by atoms with Gasteiger partial charge in [-0.25, -0.2) is 19.4 Å². The van der Waals surface area contributed by atoms with Crippen LogP contribution in [0.5, 0.6) is 0 Å². The summed E-state index contributed by atoms with van der Waals surface area (Å²) in [6, 6.07) is 8.97. The first kappa shape index (κ1) is 27.7. The van der Waals surface area contributed by atoms with E-state index in [9.17, 15) is 24.3 Å². The predicted molar refractivity (Wildman–Crippen MR) is 131 cm³/mol. The lowest BCUT2D eigenvalue weighted by molar-refractivity contribution is -0.169. The first-order valence-corrected chi connectivity index (χ1v) is 11.9. The van der Waals surface area contributed by atoms with Gasteiger partial charge in [0.1, 0.15) is 11.3 Å². The molecule has 0 aliphatic rings. The average Bonchev–Trinajstić information content (AvgIpc) is 3.25. The Morgan fingerprint density at radius 2 is 1.77 bits per heavy atom. The van der Waals surface area contributed by atoms with E-state index in [1.54, 1.807) is 20.8 Å². The second kappa shape index (κ2) is 12.3. The fourth-order valence-electron chi connectivity index (χ4n) is 2.84. The van der Waals surface area contributed by atoms with E-state index in [0.29, 0.717) is 13.0 Å². The number of unbranched alkanes of at least 4 members (excludes halogenated alkanes) is 1. The van der Waals surface area contributed by atoms with Crippen LogP contribution in [-0.2, 0) is 20.9 Å². The highest BCUT2D eigenvalue weighted by Crippen LogP contribution is 2.19. The summed E-state index contributed by atoms with van der Waals surface area (Å²) in [7, 11) is 0. The molecule has 1 heterocycles. The van der Waals surface area contributed by atoms with Crippen molar-refractivity contribution in [1.29, 1.82) is 0 Å². The SMILES string of the molecule is CC(C)(C)OC(=O)[C@](N)(CCCCNC(=O)c1csc(NC(=O)NCc2ccccc2)n1)C(=O)O. The van der Waals surface area contributed by atoms with Gasteiger partial charge in [-0.15, -0.1) is 11.3 Å². The Morgan fingerprint density at radius 3 is 2.40 bits per heavy atom. The number of amides is 3. The maximum absolute atomic E-state index is 12.3. The summed E-state index contributed by atoms with van der Waals surface area (Å²) in [6.07, 6.45) is 0.516. The molecule has 11 nitrogen and oxygen atoms in total. The minimum atomic E-state index is -2.16. The molecule has 35 heavy (non-hydrogen) atoms. The third-order valence-electron chi connectivity index (χ3n) is 4.68. The molecule has 2 aromatic rings. The van der Waals surface area contributed by atoms with Gasteiger partial charge in [0.25, 0.3) is 5.91 Å². The fourth-order valence-corrected chi connectivity index (χ4v) is 3.53. The van der Waals surface area contributed by atoms with Crippen molar-refractivity contribution in [1.82, 2.24) is 15.6 Å². The zero-order valence-electron chi connectivity index (χ0n) is 19.9. The van der Waals surface area contributed by atoms with E-state index in [-0.39, 0.29) is 30.2 Å². The topological polar surface area (TPSA) is 173 Å². The molecule has 1 aromatic heterocycles. The molecule has 0 saturated carbocycles. The van der Waals surface area contributed by atoms with Gasteiger partial charge in [0.2, 0.25) is 5.54 Å². The van der Waals surface area contributed by atoms with Crippen LogP contribution in [0.25, 0.3) is 0 Å². The van der Waals surface area contributed by atoms with Crippen molar-refractivity contribution in [2.45, 2.75) is 57.7 Å². The summed E-state index contributed by atoms with van der Waals surface area (Å²) in [5, 5.41) is 19.2. The molecule has 6 N–H and O–H groups in total. The number of hydrogen-bond donors (Lipinski definition) is 5. The maximum atomic E-state index is 12.3. The van der Waals surface area contributed by atoms with Gasteiger partial charge >= 0.3 is 18.0 Å². The van der Waals surface area contributed by atoms with Crippen LogP contribution in [-0.4, -0.2) is 51.7 Å². The highest BCUT2D eigenvalue weighted by molar-refractivity contribution is 7.14. The number of benzene rings is 1. The number of nitrogens with two attached hydrogens (primary N) is 1. The number of hydrogen-bond acceptors (Lipinski definition) is 8. The Kier molecular flexibility index (Phi) is 9.72. The summed E-state index contributed by atoms with van der Waals surface area (Å²) in [5.41, 5.74) is 3.87. The number of nitrogens with one attached hydrogen (secondary N) is 3. The van der Waals surface area contributed by atoms with Crippen LogP contribution >= 0.6 is 11.3 Å². The van der Waals surface area contributed by atoms with E-state index in [0.717, 1.165) is 16.9 Å². The Balaban J connectivity index is 1.75. The molecule has 12 heteroatoms. The van der Waals surface area contributed by atoms with E-state index in [1.165, 1.54) is 5.38 Å². The molecule has 3 amide bonds.